The second kappa shape index (κ2) is 13.0. The van der Waals surface area contributed by atoms with Crippen LogP contribution in [0.5, 0.6) is 11.5 Å². The Labute approximate surface area is 200 Å². The smallest absolute Gasteiger partial charge is 0.322 e. The number of hydrogen-bond donors (Lipinski definition) is 5. The molecule has 34 heavy (non-hydrogen) atoms. The van der Waals surface area contributed by atoms with E-state index in [-0.39, 0.29) is 23.7 Å². The van der Waals surface area contributed by atoms with Crippen LogP contribution in [0.25, 0.3) is 0 Å². The standard InChI is InChI=1S/C22H25ClN4O7/c1-32-4-5-33-17-7-15(6-16(23)9-17)22(31)27-10-14-3-2-13(21(24)25)8-18(14)34-12-19(28)26-11-20(29)30/h2-3,6-9H,4-5,10-12H2,1H3,(H3,24,25)(H,26,28)(H,27,31)(H,29,30). The molecule has 0 unspecified atom stereocenters. The van der Waals surface area contributed by atoms with Gasteiger partial charge < -0.3 is 35.7 Å². The van der Waals surface area contributed by atoms with Gasteiger partial charge in [0.2, 0.25) is 0 Å². The maximum Gasteiger partial charge on any atom is 0.322 e. The summed E-state index contributed by atoms with van der Waals surface area (Å²) in [6, 6.07) is 9.23. The first-order valence-corrected chi connectivity index (χ1v) is 10.4. The molecule has 0 heterocycles. The predicted octanol–water partition coefficient (Wildman–Crippen LogP) is 1.16. The Balaban J connectivity index is 2.10. The maximum atomic E-state index is 12.7. The maximum absolute atomic E-state index is 12.7. The molecular weight excluding hydrogens is 468 g/mol. The minimum absolute atomic E-state index is 0.0233. The number of carbonyl (C=O) groups excluding carboxylic acids is 2. The van der Waals surface area contributed by atoms with E-state index in [0.717, 1.165) is 0 Å². The molecule has 0 atom stereocenters. The van der Waals surface area contributed by atoms with E-state index in [4.69, 9.17) is 42.1 Å². The van der Waals surface area contributed by atoms with Gasteiger partial charge in [0.05, 0.1) is 6.61 Å². The first-order chi connectivity index (χ1) is 16.2. The summed E-state index contributed by atoms with van der Waals surface area (Å²) in [5.74, 6) is -1.87. The number of carboxylic acid groups (broad SMARTS) is 1. The Morgan fingerprint density at radius 3 is 2.50 bits per heavy atom. The zero-order valence-electron chi connectivity index (χ0n) is 18.4. The first kappa shape index (κ1) is 26.4. The van der Waals surface area contributed by atoms with Gasteiger partial charge in [0, 0.05) is 35.4 Å². The number of aliphatic carboxylic acids is 1. The first-order valence-electron chi connectivity index (χ1n) is 9.98. The molecule has 2 rings (SSSR count). The van der Waals surface area contributed by atoms with Crippen LogP contribution in [0.4, 0.5) is 0 Å². The summed E-state index contributed by atoms with van der Waals surface area (Å²) in [6.45, 7) is -0.320. The van der Waals surface area contributed by atoms with Crippen molar-refractivity contribution in [3.05, 3.63) is 58.1 Å². The molecule has 11 nitrogen and oxygen atoms in total. The summed E-state index contributed by atoms with van der Waals surface area (Å²) in [6.07, 6.45) is 0. The zero-order valence-corrected chi connectivity index (χ0v) is 19.1. The highest BCUT2D eigenvalue weighted by molar-refractivity contribution is 6.31. The van der Waals surface area contributed by atoms with Crippen LogP contribution in [-0.4, -0.2) is 62.2 Å². The lowest BCUT2D eigenvalue weighted by Crippen LogP contribution is -2.33. The third-order valence-corrected chi connectivity index (χ3v) is 4.52. The van der Waals surface area contributed by atoms with E-state index in [2.05, 4.69) is 10.6 Å². The van der Waals surface area contributed by atoms with Gasteiger partial charge in [0.25, 0.3) is 11.8 Å². The number of halogens is 1. The minimum Gasteiger partial charge on any atom is -0.491 e. The normalized spacial score (nSPS) is 10.3. The fraction of sp³-hybridized carbons (Fsp3) is 0.273. The Morgan fingerprint density at radius 2 is 1.82 bits per heavy atom. The molecule has 0 aliphatic heterocycles. The van der Waals surface area contributed by atoms with Crippen molar-refractivity contribution in [2.24, 2.45) is 5.73 Å². The molecule has 2 aromatic carbocycles. The highest BCUT2D eigenvalue weighted by Gasteiger charge is 2.13. The number of methoxy groups -OCH3 is 1. The molecular formula is C22H25ClN4O7. The lowest BCUT2D eigenvalue weighted by Gasteiger charge is -2.14. The van der Waals surface area contributed by atoms with Crippen LogP contribution < -0.4 is 25.8 Å². The summed E-state index contributed by atoms with van der Waals surface area (Å²) < 4.78 is 15.9. The van der Waals surface area contributed by atoms with Gasteiger partial charge in [-0.1, -0.05) is 23.7 Å². The van der Waals surface area contributed by atoms with Crippen LogP contribution in [0.1, 0.15) is 21.5 Å². The van der Waals surface area contributed by atoms with Crippen molar-refractivity contribution >= 4 is 35.2 Å². The van der Waals surface area contributed by atoms with Crippen LogP contribution in [0.2, 0.25) is 5.02 Å². The van der Waals surface area contributed by atoms with E-state index in [0.29, 0.717) is 35.1 Å². The van der Waals surface area contributed by atoms with E-state index in [1.54, 1.807) is 31.4 Å². The predicted molar refractivity (Wildman–Crippen MR) is 124 cm³/mol. The minimum atomic E-state index is -1.19. The molecule has 0 bridgehead atoms. The van der Waals surface area contributed by atoms with Crippen molar-refractivity contribution in [3.8, 4) is 11.5 Å². The van der Waals surface area contributed by atoms with Crippen LogP contribution in [0.3, 0.4) is 0 Å². The Kier molecular flexibility index (Phi) is 10.1. The van der Waals surface area contributed by atoms with Crippen LogP contribution >= 0.6 is 11.6 Å². The second-order valence-electron chi connectivity index (χ2n) is 6.89. The summed E-state index contributed by atoms with van der Waals surface area (Å²) in [5, 5.41) is 21.5. The molecule has 0 saturated carbocycles. The summed E-state index contributed by atoms with van der Waals surface area (Å²) in [5.41, 5.74) is 6.65. The molecule has 0 aliphatic rings. The van der Waals surface area contributed by atoms with Gasteiger partial charge in [-0.2, -0.15) is 0 Å². The summed E-state index contributed by atoms with van der Waals surface area (Å²) >= 11 is 6.09. The highest BCUT2D eigenvalue weighted by Crippen LogP contribution is 2.23. The topological polar surface area (TPSA) is 173 Å². The van der Waals surface area contributed by atoms with Crippen molar-refractivity contribution in [1.29, 1.82) is 5.41 Å². The number of nitrogens with one attached hydrogen (secondary N) is 3. The van der Waals surface area contributed by atoms with Crippen molar-refractivity contribution in [3.63, 3.8) is 0 Å². The fourth-order valence-corrected chi connectivity index (χ4v) is 2.89. The van der Waals surface area contributed by atoms with Crippen molar-refractivity contribution in [2.45, 2.75) is 6.54 Å². The highest BCUT2D eigenvalue weighted by atomic mass is 35.5. The molecule has 0 radical (unpaired) electrons. The van der Waals surface area contributed by atoms with Gasteiger partial charge in [-0.05, 0) is 24.3 Å². The van der Waals surface area contributed by atoms with Gasteiger partial charge in [-0.25, -0.2) is 0 Å². The number of rotatable bonds is 13. The number of hydrogen-bond acceptors (Lipinski definition) is 7. The summed E-state index contributed by atoms with van der Waals surface area (Å²) in [7, 11) is 1.55. The van der Waals surface area contributed by atoms with Gasteiger partial charge >= 0.3 is 5.97 Å². The van der Waals surface area contributed by atoms with Crippen molar-refractivity contribution in [2.75, 3.05) is 33.5 Å². The van der Waals surface area contributed by atoms with E-state index >= 15 is 0 Å². The average Bonchev–Trinajstić information content (AvgIpc) is 2.79. The number of benzene rings is 2. The second-order valence-corrected chi connectivity index (χ2v) is 7.33. The Morgan fingerprint density at radius 1 is 1.06 bits per heavy atom. The number of nitrogens with two attached hydrogens (primary N) is 1. The van der Waals surface area contributed by atoms with E-state index in [1.165, 1.54) is 12.1 Å². The molecule has 2 aromatic rings. The van der Waals surface area contributed by atoms with Crippen LogP contribution in [0, 0.1) is 5.41 Å². The van der Waals surface area contributed by atoms with E-state index < -0.39 is 30.9 Å². The van der Waals surface area contributed by atoms with Gasteiger partial charge in [-0.3, -0.25) is 19.8 Å². The SMILES string of the molecule is COCCOc1cc(Cl)cc(C(=O)NCc2ccc(C(=N)N)cc2OCC(=O)NCC(=O)O)c1. The number of amidine groups is 1. The Hall–Kier alpha value is -3.83. The number of carboxylic acids is 1. The lowest BCUT2D eigenvalue weighted by atomic mass is 10.1. The van der Waals surface area contributed by atoms with Crippen LogP contribution in [0.15, 0.2) is 36.4 Å². The molecule has 0 saturated heterocycles. The largest absolute Gasteiger partial charge is 0.491 e. The van der Waals surface area contributed by atoms with Gasteiger partial charge in [0.1, 0.15) is 30.5 Å². The number of nitrogen functional groups attached to an aromatic ring is 1. The molecule has 6 N–H and O–H groups in total. The Bertz CT molecular complexity index is 1060. The van der Waals surface area contributed by atoms with Crippen molar-refractivity contribution in [1.82, 2.24) is 10.6 Å². The monoisotopic (exact) mass is 492 g/mol. The third kappa shape index (κ3) is 8.60. The summed E-state index contributed by atoms with van der Waals surface area (Å²) in [4.78, 5) is 35.1. The molecule has 0 spiro atoms. The van der Waals surface area contributed by atoms with Gasteiger partial charge in [0.15, 0.2) is 6.61 Å². The van der Waals surface area contributed by atoms with E-state index in [1.807, 2.05) is 0 Å². The van der Waals surface area contributed by atoms with Gasteiger partial charge in [-0.15, -0.1) is 0 Å². The molecule has 12 heteroatoms. The molecule has 2 amide bonds. The van der Waals surface area contributed by atoms with Crippen LogP contribution in [-0.2, 0) is 20.9 Å². The molecule has 0 aromatic heterocycles. The molecule has 0 aliphatic carbocycles. The molecule has 0 fully saturated rings. The number of ether oxygens (including phenoxy) is 3. The number of carbonyl (C=O) groups is 3. The number of amides is 2. The fourth-order valence-electron chi connectivity index (χ4n) is 2.67. The van der Waals surface area contributed by atoms with Crippen molar-refractivity contribution < 1.29 is 33.7 Å². The molecule has 182 valence electrons. The quantitative estimate of drug-likeness (QED) is 0.157. The third-order valence-electron chi connectivity index (χ3n) is 4.30. The zero-order chi connectivity index (χ0) is 25.1. The van der Waals surface area contributed by atoms with E-state index in [9.17, 15) is 14.4 Å². The average molecular weight is 493 g/mol. The lowest BCUT2D eigenvalue weighted by molar-refractivity contribution is -0.138.